The van der Waals surface area contributed by atoms with E-state index < -0.39 is 32.5 Å². The van der Waals surface area contributed by atoms with Gasteiger partial charge in [-0.25, -0.2) is 4.57 Å². The molecule has 0 bridgehead atoms. The first kappa shape index (κ1) is 51.5. The van der Waals surface area contributed by atoms with Crippen molar-refractivity contribution >= 4 is 19.8 Å². The van der Waals surface area contributed by atoms with Gasteiger partial charge in [-0.1, -0.05) is 119 Å². The fourth-order valence-electron chi connectivity index (χ4n) is 4.97. The first-order valence-corrected chi connectivity index (χ1v) is 22.2. The molecule has 2 atom stereocenters. The van der Waals surface area contributed by atoms with E-state index in [4.69, 9.17) is 18.5 Å². The van der Waals surface area contributed by atoms with Crippen molar-refractivity contribution in [1.29, 1.82) is 0 Å². The Bertz CT molecular complexity index is 1150. The normalized spacial score (nSPS) is 14.4. The van der Waals surface area contributed by atoms with E-state index >= 15 is 0 Å². The van der Waals surface area contributed by atoms with Crippen LogP contribution in [0.3, 0.4) is 0 Å². The molecule has 0 saturated heterocycles. The van der Waals surface area contributed by atoms with Crippen LogP contribution in [0.15, 0.2) is 72.9 Å². The number of rotatable bonds is 36. The van der Waals surface area contributed by atoms with Crippen LogP contribution >= 0.6 is 7.82 Å². The summed E-state index contributed by atoms with van der Waals surface area (Å²) < 4.78 is 34.2. The number of nitrogens with zero attached hydrogens (tertiary/aromatic N) is 1. The van der Waals surface area contributed by atoms with Crippen molar-refractivity contribution in [3.8, 4) is 0 Å². The lowest BCUT2D eigenvalue weighted by atomic mass is 10.1. The van der Waals surface area contributed by atoms with Gasteiger partial charge >= 0.3 is 19.8 Å². The molecule has 0 aliphatic rings. The minimum absolute atomic E-state index is 0.0174. The third-order valence-electron chi connectivity index (χ3n) is 8.22. The number of quaternary nitrogens is 1. The Morgan fingerprint density at radius 1 is 0.593 bits per heavy atom. The summed E-state index contributed by atoms with van der Waals surface area (Å²) in [5.41, 5.74) is 0. The summed E-state index contributed by atoms with van der Waals surface area (Å²) in [6, 6.07) is 0. The summed E-state index contributed by atoms with van der Waals surface area (Å²) in [4.78, 5) is 35.3. The lowest BCUT2D eigenvalue weighted by Crippen LogP contribution is -2.37. The number of likely N-dealkylation sites (N-methyl/N-ethyl adjacent to an activating group) is 1. The fraction of sp³-hybridized carbons (Fsp3) is 0.682. The van der Waals surface area contributed by atoms with Crippen molar-refractivity contribution < 1.29 is 42.1 Å². The molecule has 0 aromatic heterocycles. The number of hydrogen-bond acceptors (Lipinski definition) is 7. The Kier molecular flexibility index (Phi) is 34.4. The Balaban J connectivity index is 4.51. The van der Waals surface area contributed by atoms with Crippen LogP contribution in [-0.4, -0.2) is 74.9 Å². The minimum atomic E-state index is -4.39. The molecule has 0 heterocycles. The smallest absolute Gasteiger partial charge is 0.462 e. The van der Waals surface area contributed by atoms with Gasteiger partial charge in [0.1, 0.15) is 19.8 Å². The minimum Gasteiger partial charge on any atom is -0.462 e. The zero-order chi connectivity index (χ0) is 40.0. The molecule has 0 aliphatic heterocycles. The Hall–Kier alpha value is -2.55. The maximum atomic E-state index is 12.6. The van der Waals surface area contributed by atoms with E-state index in [2.05, 4.69) is 86.8 Å². The third-order valence-corrected chi connectivity index (χ3v) is 9.20. The highest BCUT2D eigenvalue weighted by atomic mass is 31.2. The number of phosphoric ester groups is 1. The Morgan fingerprint density at radius 3 is 1.61 bits per heavy atom. The zero-order valence-corrected chi connectivity index (χ0v) is 35.6. The summed E-state index contributed by atoms with van der Waals surface area (Å²) in [5, 5.41) is 0. The van der Waals surface area contributed by atoms with Gasteiger partial charge in [0.25, 0.3) is 0 Å². The van der Waals surface area contributed by atoms with Crippen molar-refractivity contribution in [3.05, 3.63) is 72.9 Å². The molecule has 10 heteroatoms. The van der Waals surface area contributed by atoms with Crippen molar-refractivity contribution in [2.45, 2.75) is 148 Å². The second kappa shape index (κ2) is 36.1. The van der Waals surface area contributed by atoms with E-state index in [-0.39, 0.29) is 26.1 Å². The topological polar surface area (TPSA) is 108 Å². The van der Waals surface area contributed by atoms with Crippen molar-refractivity contribution in [2.24, 2.45) is 0 Å². The molecule has 310 valence electrons. The molecular formula is C44H77NO8P+. The number of carbonyl (C=O) groups is 2. The molecule has 0 radical (unpaired) electrons. The number of ether oxygens (including phenoxy) is 2. The van der Waals surface area contributed by atoms with Gasteiger partial charge in [-0.05, 0) is 83.5 Å². The maximum absolute atomic E-state index is 12.6. The average molecular weight is 779 g/mol. The molecule has 2 unspecified atom stereocenters. The van der Waals surface area contributed by atoms with Crippen LogP contribution in [-0.2, 0) is 32.7 Å². The molecule has 0 rings (SSSR count). The monoisotopic (exact) mass is 779 g/mol. The first-order valence-electron chi connectivity index (χ1n) is 20.7. The molecule has 1 N–H and O–H groups in total. The second-order valence-corrected chi connectivity index (χ2v) is 16.1. The zero-order valence-electron chi connectivity index (χ0n) is 34.7. The second-order valence-electron chi connectivity index (χ2n) is 14.6. The van der Waals surface area contributed by atoms with Gasteiger partial charge in [0.2, 0.25) is 0 Å². The number of carbonyl (C=O) groups excluding carboxylic acids is 2. The van der Waals surface area contributed by atoms with Crippen molar-refractivity contribution in [1.82, 2.24) is 0 Å². The van der Waals surface area contributed by atoms with Gasteiger partial charge < -0.3 is 18.9 Å². The predicted molar refractivity (Wildman–Crippen MR) is 224 cm³/mol. The summed E-state index contributed by atoms with van der Waals surface area (Å²) in [5.74, 6) is -0.872. The summed E-state index contributed by atoms with van der Waals surface area (Å²) in [7, 11) is 1.43. The number of unbranched alkanes of at least 4 members (excludes halogenated alkanes) is 10. The fourth-order valence-corrected chi connectivity index (χ4v) is 5.72. The van der Waals surface area contributed by atoms with E-state index in [1.165, 1.54) is 25.7 Å². The van der Waals surface area contributed by atoms with Crippen LogP contribution in [0.25, 0.3) is 0 Å². The molecule has 0 aromatic rings. The number of allylic oxidation sites excluding steroid dienone is 12. The van der Waals surface area contributed by atoms with Crippen molar-refractivity contribution in [3.63, 3.8) is 0 Å². The molecule has 54 heavy (non-hydrogen) atoms. The first-order chi connectivity index (χ1) is 26.0. The average Bonchev–Trinajstić information content (AvgIpc) is 3.12. The summed E-state index contributed by atoms with van der Waals surface area (Å²) in [6.07, 6.45) is 43.8. The van der Waals surface area contributed by atoms with Gasteiger partial charge in [-0.3, -0.25) is 18.6 Å². The van der Waals surface area contributed by atoms with Crippen LogP contribution in [0.5, 0.6) is 0 Å². The molecule has 0 saturated carbocycles. The number of esters is 2. The molecule has 0 aromatic carbocycles. The maximum Gasteiger partial charge on any atom is 0.472 e. The van der Waals surface area contributed by atoms with Gasteiger partial charge in [-0.15, -0.1) is 0 Å². The van der Waals surface area contributed by atoms with Gasteiger partial charge in [0, 0.05) is 12.8 Å². The van der Waals surface area contributed by atoms with E-state index in [0.717, 1.165) is 77.0 Å². The quantitative estimate of drug-likeness (QED) is 0.0220. The van der Waals surface area contributed by atoms with Gasteiger partial charge in [-0.2, -0.15) is 0 Å². The third kappa shape index (κ3) is 39.2. The van der Waals surface area contributed by atoms with Crippen LogP contribution < -0.4 is 0 Å². The molecule has 0 amide bonds. The van der Waals surface area contributed by atoms with E-state index in [1.54, 1.807) is 0 Å². The predicted octanol–water partition coefficient (Wildman–Crippen LogP) is 11.5. The Labute approximate surface area is 329 Å². The van der Waals surface area contributed by atoms with E-state index in [1.807, 2.05) is 21.1 Å². The lowest BCUT2D eigenvalue weighted by Gasteiger charge is -2.24. The SMILES string of the molecule is CC/C=C\C/C=C\C/C=C\C/C=C\CCCCC(=O)OC(COC(=O)CCCCCCC/C=C\C/C=C\CCCCC)COP(=O)(O)OCC[N+](C)(C)C. The highest BCUT2D eigenvalue weighted by Crippen LogP contribution is 2.43. The van der Waals surface area contributed by atoms with Crippen LogP contribution in [0.2, 0.25) is 0 Å². The van der Waals surface area contributed by atoms with Crippen molar-refractivity contribution in [2.75, 3.05) is 47.5 Å². The molecule has 0 fully saturated rings. The van der Waals surface area contributed by atoms with Crippen LogP contribution in [0, 0.1) is 0 Å². The summed E-state index contributed by atoms with van der Waals surface area (Å²) in [6.45, 7) is 4.19. The molecule has 9 nitrogen and oxygen atoms in total. The number of hydrogen-bond donors (Lipinski definition) is 1. The summed E-state index contributed by atoms with van der Waals surface area (Å²) >= 11 is 0. The standard InChI is InChI=1S/C44H76NO8P/c1-6-8-10-12-14-16-18-20-22-24-26-28-30-32-34-36-43(46)50-40-42(41-52-54(48,49)51-39-38-45(3,4)5)53-44(47)37-35-33-31-29-27-25-23-21-19-17-15-13-11-9-7-2/h9,11,14-17,20-23,27,29,42H,6-8,10,12-13,18-19,24-26,28,30-41H2,1-5H3/p+1/b11-9-,16-14-,17-15-,22-20-,23-21-,29-27-. The highest BCUT2D eigenvalue weighted by Gasteiger charge is 2.27. The molecule has 0 aliphatic carbocycles. The van der Waals surface area contributed by atoms with Crippen LogP contribution in [0.1, 0.15) is 142 Å². The van der Waals surface area contributed by atoms with Gasteiger partial charge in [0.15, 0.2) is 6.10 Å². The lowest BCUT2D eigenvalue weighted by molar-refractivity contribution is -0.870. The van der Waals surface area contributed by atoms with E-state index in [9.17, 15) is 19.0 Å². The largest absolute Gasteiger partial charge is 0.472 e. The highest BCUT2D eigenvalue weighted by molar-refractivity contribution is 7.47. The molecular weight excluding hydrogens is 701 g/mol. The van der Waals surface area contributed by atoms with Crippen LogP contribution in [0.4, 0.5) is 0 Å². The van der Waals surface area contributed by atoms with E-state index in [0.29, 0.717) is 23.9 Å². The van der Waals surface area contributed by atoms with Gasteiger partial charge in [0.05, 0.1) is 27.7 Å². The number of phosphoric acid groups is 1. The molecule has 0 spiro atoms. The Morgan fingerprint density at radius 2 is 1.06 bits per heavy atom.